The minimum Gasteiger partial charge on any atom is -0.370 e. The van der Waals surface area contributed by atoms with Crippen LogP contribution in [0.5, 0.6) is 0 Å². The van der Waals surface area contributed by atoms with E-state index >= 15 is 0 Å². The molecule has 1 nitrogen and oxygen atoms in total. The lowest BCUT2D eigenvalue weighted by atomic mass is 10.1. The summed E-state index contributed by atoms with van der Waals surface area (Å²) in [6.45, 7) is 4.47. The Balaban J connectivity index is 1.87. The van der Waals surface area contributed by atoms with Crippen molar-refractivity contribution in [3.63, 3.8) is 0 Å². The summed E-state index contributed by atoms with van der Waals surface area (Å²) in [5, 5.41) is 0. The van der Waals surface area contributed by atoms with Gasteiger partial charge in [0.05, 0.1) is 12.2 Å². The van der Waals surface area contributed by atoms with Gasteiger partial charge in [0.25, 0.3) is 0 Å². The van der Waals surface area contributed by atoms with Gasteiger partial charge in [-0.05, 0) is 12.8 Å². The van der Waals surface area contributed by atoms with E-state index < -0.39 is 0 Å². The second-order valence-electron chi connectivity index (χ2n) is 3.50. The summed E-state index contributed by atoms with van der Waals surface area (Å²) < 4.78 is 5.50. The third-order valence-electron chi connectivity index (χ3n) is 2.35. The Labute approximate surface area is 70.1 Å². The summed E-state index contributed by atoms with van der Waals surface area (Å²) in [5.74, 6) is 0. The van der Waals surface area contributed by atoms with E-state index in [4.69, 9.17) is 4.74 Å². The highest BCUT2D eigenvalue weighted by Gasteiger charge is 2.36. The lowest BCUT2D eigenvalue weighted by molar-refractivity contribution is 0.351. The molecular weight excluding hydrogens is 136 g/mol. The average Bonchev–Trinajstić information content (AvgIpc) is 2.70. The second kappa shape index (κ2) is 4.76. The standard InChI is InChI=1S/C10H20O/c1-3-5-6-8-10-9(11-10)7-4-2/h9-10H,3-8H2,1-2H3/t9-,10-/m1/s1. The topological polar surface area (TPSA) is 12.5 Å². The monoisotopic (exact) mass is 156 g/mol. The second-order valence-corrected chi connectivity index (χ2v) is 3.50. The Morgan fingerprint density at radius 3 is 2.27 bits per heavy atom. The molecule has 0 N–H and O–H groups in total. The van der Waals surface area contributed by atoms with E-state index in [2.05, 4.69) is 13.8 Å². The Morgan fingerprint density at radius 1 is 0.909 bits per heavy atom. The molecule has 1 fully saturated rings. The predicted octanol–water partition coefficient (Wildman–Crippen LogP) is 3.13. The van der Waals surface area contributed by atoms with Crippen LogP contribution in [0.2, 0.25) is 0 Å². The molecule has 0 aromatic heterocycles. The molecule has 0 unspecified atom stereocenters. The fraction of sp³-hybridized carbons (Fsp3) is 1.00. The van der Waals surface area contributed by atoms with Crippen molar-refractivity contribution >= 4 is 0 Å². The first-order valence-corrected chi connectivity index (χ1v) is 5.04. The molecule has 66 valence electrons. The molecule has 0 aliphatic carbocycles. The van der Waals surface area contributed by atoms with Crippen LogP contribution >= 0.6 is 0 Å². The molecule has 0 spiro atoms. The zero-order valence-electron chi connectivity index (χ0n) is 7.81. The van der Waals surface area contributed by atoms with Crippen LogP contribution in [0.3, 0.4) is 0 Å². The molecule has 1 heteroatoms. The maximum atomic E-state index is 5.50. The van der Waals surface area contributed by atoms with Crippen molar-refractivity contribution in [1.82, 2.24) is 0 Å². The van der Waals surface area contributed by atoms with Gasteiger partial charge in [0.15, 0.2) is 0 Å². The Kier molecular flexibility index (Phi) is 3.92. The molecule has 1 aliphatic rings. The van der Waals surface area contributed by atoms with Gasteiger partial charge < -0.3 is 4.74 Å². The summed E-state index contributed by atoms with van der Waals surface area (Å²) in [6.07, 6.45) is 9.19. The molecule has 1 saturated heterocycles. The number of unbranched alkanes of at least 4 members (excludes halogenated alkanes) is 2. The Hall–Kier alpha value is -0.0400. The van der Waals surface area contributed by atoms with E-state index in [9.17, 15) is 0 Å². The van der Waals surface area contributed by atoms with Crippen molar-refractivity contribution in [3.05, 3.63) is 0 Å². The first-order chi connectivity index (χ1) is 5.38. The fourth-order valence-electron chi connectivity index (χ4n) is 1.57. The first-order valence-electron chi connectivity index (χ1n) is 5.04. The van der Waals surface area contributed by atoms with Crippen LogP contribution in [-0.4, -0.2) is 12.2 Å². The summed E-state index contributed by atoms with van der Waals surface area (Å²) in [5.41, 5.74) is 0. The van der Waals surface area contributed by atoms with Crippen LogP contribution in [0.4, 0.5) is 0 Å². The van der Waals surface area contributed by atoms with Gasteiger partial charge in [-0.1, -0.05) is 39.5 Å². The first kappa shape index (κ1) is 9.05. The molecule has 0 saturated carbocycles. The molecule has 1 heterocycles. The van der Waals surface area contributed by atoms with Crippen molar-refractivity contribution in [2.24, 2.45) is 0 Å². The molecule has 0 amide bonds. The largest absolute Gasteiger partial charge is 0.370 e. The van der Waals surface area contributed by atoms with Crippen molar-refractivity contribution in [1.29, 1.82) is 0 Å². The zero-order valence-corrected chi connectivity index (χ0v) is 7.81. The quantitative estimate of drug-likeness (QED) is 0.425. The summed E-state index contributed by atoms with van der Waals surface area (Å²) >= 11 is 0. The van der Waals surface area contributed by atoms with Gasteiger partial charge >= 0.3 is 0 Å². The van der Waals surface area contributed by atoms with Crippen LogP contribution in [0.25, 0.3) is 0 Å². The summed E-state index contributed by atoms with van der Waals surface area (Å²) in [7, 11) is 0. The molecule has 1 rings (SSSR count). The average molecular weight is 156 g/mol. The van der Waals surface area contributed by atoms with Crippen molar-refractivity contribution in [2.75, 3.05) is 0 Å². The van der Waals surface area contributed by atoms with Gasteiger partial charge in [0, 0.05) is 0 Å². The summed E-state index contributed by atoms with van der Waals surface area (Å²) in [6, 6.07) is 0. The Morgan fingerprint density at radius 2 is 1.64 bits per heavy atom. The molecule has 0 aromatic rings. The van der Waals surface area contributed by atoms with E-state index in [-0.39, 0.29) is 0 Å². The third kappa shape index (κ3) is 3.24. The SMILES string of the molecule is CCCCC[C@H]1O[C@@H]1CCC. The lowest BCUT2D eigenvalue weighted by Crippen LogP contribution is -1.92. The highest BCUT2D eigenvalue weighted by molar-refractivity contribution is 4.83. The highest BCUT2D eigenvalue weighted by Crippen LogP contribution is 2.30. The molecule has 1 aliphatic heterocycles. The number of hydrogen-bond donors (Lipinski definition) is 0. The van der Waals surface area contributed by atoms with E-state index in [1.807, 2.05) is 0 Å². The van der Waals surface area contributed by atoms with Crippen LogP contribution in [0.1, 0.15) is 52.4 Å². The van der Waals surface area contributed by atoms with E-state index in [1.54, 1.807) is 0 Å². The van der Waals surface area contributed by atoms with Crippen LogP contribution in [0.15, 0.2) is 0 Å². The maximum Gasteiger partial charge on any atom is 0.0841 e. The van der Waals surface area contributed by atoms with E-state index in [1.165, 1.54) is 38.5 Å². The molecule has 0 aromatic carbocycles. The van der Waals surface area contributed by atoms with Crippen LogP contribution in [-0.2, 0) is 4.74 Å². The normalized spacial score (nSPS) is 28.9. The zero-order chi connectivity index (χ0) is 8.10. The molecule has 0 radical (unpaired) electrons. The van der Waals surface area contributed by atoms with Gasteiger partial charge in [-0.25, -0.2) is 0 Å². The summed E-state index contributed by atoms with van der Waals surface area (Å²) in [4.78, 5) is 0. The highest BCUT2D eigenvalue weighted by atomic mass is 16.6. The molecule has 11 heavy (non-hydrogen) atoms. The van der Waals surface area contributed by atoms with Crippen molar-refractivity contribution in [3.8, 4) is 0 Å². The maximum absolute atomic E-state index is 5.50. The number of epoxide rings is 1. The van der Waals surface area contributed by atoms with Gasteiger partial charge in [0.2, 0.25) is 0 Å². The molecule has 2 atom stereocenters. The van der Waals surface area contributed by atoms with Crippen molar-refractivity contribution < 1.29 is 4.74 Å². The Bertz CT molecular complexity index is 101. The predicted molar refractivity (Wildman–Crippen MR) is 47.7 cm³/mol. The van der Waals surface area contributed by atoms with Gasteiger partial charge in [-0.15, -0.1) is 0 Å². The molecule has 0 bridgehead atoms. The van der Waals surface area contributed by atoms with Gasteiger partial charge in [-0.3, -0.25) is 0 Å². The van der Waals surface area contributed by atoms with Crippen LogP contribution < -0.4 is 0 Å². The van der Waals surface area contributed by atoms with Gasteiger partial charge in [-0.2, -0.15) is 0 Å². The van der Waals surface area contributed by atoms with Crippen LogP contribution in [0, 0.1) is 0 Å². The minimum atomic E-state index is 0.636. The minimum absolute atomic E-state index is 0.636. The fourth-order valence-corrected chi connectivity index (χ4v) is 1.57. The van der Waals surface area contributed by atoms with E-state index in [0.29, 0.717) is 12.2 Å². The molecular formula is C10H20O. The smallest absolute Gasteiger partial charge is 0.0841 e. The number of rotatable bonds is 6. The number of ether oxygens (including phenoxy) is 1. The lowest BCUT2D eigenvalue weighted by Gasteiger charge is -1.93. The van der Waals surface area contributed by atoms with E-state index in [0.717, 1.165) is 0 Å². The van der Waals surface area contributed by atoms with Crippen molar-refractivity contribution in [2.45, 2.75) is 64.6 Å². The van der Waals surface area contributed by atoms with Gasteiger partial charge in [0.1, 0.15) is 0 Å². The number of hydrogen-bond acceptors (Lipinski definition) is 1. The third-order valence-corrected chi connectivity index (χ3v) is 2.35.